The quantitative estimate of drug-likeness (QED) is 0.921. The smallest absolute Gasteiger partial charge is 0.347 e. The molecule has 0 amide bonds. The van der Waals surface area contributed by atoms with Crippen molar-refractivity contribution in [1.29, 1.82) is 0 Å². The van der Waals surface area contributed by atoms with Gasteiger partial charge in [0.15, 0.2) is 5.13 Å². The van der Waals surface area contributed by atoms with E-state index in [2.05, 4.69) is 23.7 Å². The van der Waals surface area contributed by atoms with Gasteiger partial charge in [-0.25, -0.2) is 9.78 Å². The molecule has 106 valence electrons. The Morgan fingerprint density at radius 1 is 1.42 bits per heavy atom. The van der Waals surface area contributed by atoms with Gasteiger partial charge in [0, 0.05) is 13.1 Å². The van der Waals surface area contributed by atoms with Gasteiger partial charge in [0.1, 0.15) is 4.88 Å². The Balaban J connectivity index is 2.10. The van der Waals surface area contributed by atoms with E-state index in [1.807, 2.05) is 7.05 Å². The lowest BCUT2D eigenvalue weighted by molar-refractivity contribution is 0.0701. The van der Waals surface area contributed by atoms with Crippen LogP contribution < -0.4 is 4.90 Å². The van der Waals surface area contributed by atoms with E-state index in [0.717, 1.165) is 18.0 Å². The van der Waals surface area contributed by atoms with Crippen molar-refractivity contribution < 1.29 is 9.90 Å². The number of nitrogens with zero attached hydrogens (tertiary/aromatic N) is 2. The summed E-state index contributed by atoms with van der Waals surface area (Å²) in [6, 6.07) is 0.486. The van der Waals surface area contributed by atoms with Crippen LogP contribution in [0.15, 0.2) is 0 Å². The summed E-state index contributed by atoms with van der Waals surface area (Å²) in [5.74, 6) is -0.876. The summed E-state index contributed by atoms with van der Waals surface area (Å²) in [6.45, 7) is 6.40. The fourth-order valence-electron chi connectivity index (χ4n) is 2.66. The van der Waals surface area contributed by atoms with E-state index in [-0.39, 0.29) is 0 Å². The Morgan fingerprint density at radius 3 is 2.47 bits per heavy atom. The zero-order valence-electron chi connectivity index (χ0n) is 12.1. The van der Waals surface area contributed by atoms with Crippen LogP contribution in [0.5, 0.6) is 0 Å². The molecule has 0 saturated heterocycles. The SMILES string of the molecule is Cc1nc(N(C)C2CCC(C)(C)CC2)sc1C(=O)O. The van der Waals surface area contributed by atoms with E-state index in [1.54, 1.807) is 6.92 Å². The maximum absolute atomic E-state index is 11.1. The fraction of sp³-hybridized carbons (Fsp3) is 0.714. The molecule has 0 aromatic carbocycles. The molecule has 1 saturated carbocycles. The monoisotopic (exact) mass is 282 g/mol. The Hall–Kier alpha value is -1.10. The maximum Gasteiger partial charge on any atom is 0.347 e. The van der Waals surface area contributed by atoms with Crippen LogP contribution >= 0.6 is 11.3 Å². The molecule has 2 rings (SSSR count). The second-order valence-corrected chi connectivity index (χ2v) is 7.20. The van der Waals surface area contributed by atoms with Crippen LogP contribution in [0.4, 0.5) is 5.13 Å². The van der Waals surface area contributed by atoms with Crippen LogP contribution in [0.1, 0.15) is 54.9 Å². The Bertz CT molecular complexity index is 472. The number of aromatic nitrogens is 1. The van der Waals surface area contributed by atoms with Gasteiger partial charge < -0.3 is 10.0 Å². The van der Waals surface area contributed by atoms with E-state index < -0.39 is 5.97 Å². The van der Waals surface area contributed by atoms with Crippen molar-refractivity contribution in [3.8, 4) is 0 Å². The Morgan fingerprint density at radius 2 is 2.00 bits per heavy atom. The van der Waals surface area contributed by atoms with Crippen LogP contribution in [-0.2, 0) is 0 Å². The molecule has 19 heavy (non-hydrogen) atoms. The minimum Gasteiger partial charge on any atom is -0.477 e. The number of carboxylic acids is 1. The molecule has 1 N–H and O–H groups in total. The van der Waals surface area contributed by atoms with Crippen molar-refractivity contribution in [1.82, 2.24) is 4.98 Å². The predicted octanol–water partition coefficient (Wildman–Crippen LogP) is 3.55. The highest BCUT2D eigenvalue weighted by Gasteiger charge is 2.30. The second-order valence-electron chi connectivity index (χ2n) is 6.22. The number of thiazole rings is 1. The number of rotatable bonds is 3. The molecule has 0 radical (unpaired) electrons. The van der Waals surface area contributed by atoms with Gasteiger partial charge in [-0.1, -0.05) is 25.2 Å². The topological polar surface area (TPSA) is 53.4 Å². The highest BCUT2D eigenvalue weighted by molar-refractivity contribution is 7.17. The zero-order valence-corrected chi connectivity index (χ0v) is 12.9. The number of aromatic carboxylic acids is 1. The highest BCUT2D eigenvalue weighted by atomic mass is 32.1. The molecule has 1 aromatic rings. The molecular weight excluding hydrogens is 260 g/mol. The van der Waals surface area contributed by atoms with E-state index in [9.17, 15) is 4.79 Å². The van der Waals surface area contributed by atoms with Gasteiger partial charge in [-0.15, -0.1) is 0 Å². The minimum atomic E-state index is -0.876. The highest BCUT2D eigenvalue weighted by Crippen LogP contribution is 2.38. The van der Waals surface area contributed by atoms with Gasteiger partial charge in [-0.2, -0.15) is 0 Å². The Labute approximate surface area is 118 Å². The first-order valence-electron chi connectivity index (χ1n) is 6.74. The molecule has 0 atom stereocenters. The number of carboxylic acid groups (broad SMARTS) is 1. The third kappa shape index (κ3) is 3.08. The lowest BCUT2D eigenvalue weighted by Gasteiger charge is -2.38. The average molecular weight is 282 g/mol. The predicted molar refractivity (Wildman–Crippen MR) is 78.3 cm³/mol. The van der Waals surface area contributed by atoms with Crippen LogP contribution in [0.2, 0.25) is 0 Å². The van der Waals surface area contributed by atoms with Gasteiger partial charge in [-0.05, 0) is 38.0 Å². The Kier molecular flexibility index (Phi) is 3.85. The van der Waals surface area contributed by atoms with E-state index in [4.69, 9.17) is 5.11 Å². The first-order chi connectivity index (χ1) is 8.80. The number of hydrogen-bond donors (Lipinski definition) is 1. The summed E-state index contributed by atoms with van der Waals surface area (Å²) >= 11 is 1.28. The van der Waals surface area contributed by atoms with Crippen LogP contribution in [0, 0.1) is 12.3 Å². The van der Waals surface area contributed by atoms with Crippen molar-refractivity contribution in [2.24, 2.45) is 5.41 Å². The first kappa shape index (κ1) is 14.3. The molecule has 1 aliphatic carbocycles. The molecule has 0 bridgehead atoms. The third-order valence-corrected chi connectivity index (χ3v) is 5.37. The summed E-state index contributed by atoms with van der Waals surface area (Å²) in [6.07, 6.45) is 4.76. The van der Waals surface area contributed by atoms with Gasteiger partial charge in [0.2, 0.25) is 0 Å². The lowest BCUT2D eigenvalue weighted by Crippen LogP contribution is -2.37. The molecule has 1 heterocycles. The lowest BCUT2D eigenvalue weighted by atomic mass is 9.75. The molecule has 0 aliphatic heterocycles. The van der Waals surface area contributed by atoms with Crippen molar-refractivity contribution in [2.75, 3.05) is 11.9 Å². The van der Waals surface area contributed by atoms with Crippen molar-refractivity contribution in [3.63, 3.8) is 0 Å². The molecule has 0 unspecified atom stereocenters. The average Bonchev–Trinajstić information content (AvgIpc) is 2.70. The molecule has 4 nitrogen and oxygen atoms in total. The number of anilines is 1. The van der Waals surface area contributed by atoms with E-state index in [0.29, 0.717) is 22.0 Å². The van der Waals surface area contributed by atoms with Gasteiger partial charge >= 0.3 is 5.97 Å². The summed E-state index contributed by atoms with van der Waals surface area (Å²) in [7, 11) is 2.03. The summed E-state index contributed by atoms with van der Waals surface area (Å²) < 4.78 is 0. The van der Waals surface area contributed by atoms with Crippen molar-refractivity contribution in [3.05, 3.63) is 10.6 Å². The van der Waals surface area contributed by atoms with Gasteiger partial charge in [0.05, 0.1) is 5.69 Å². The molecule has 1 aromatic heterocycles. The van der Waals surface area contributed by atoms with Crippen LogP contribution in [0.3, 0.4) is 0 Å². The summed E-state index contributed by atoms with van der Waals surface area (Å²) in [5.41, 5.74) is 1.07. The molecule has 1 aliphatic rings. The molecule has 1 fully saturated rings. The van der Waals surface area contributed by atoms with Crippen molar-refractivity contribution >= 4 is 22.4 Å². The van der Waals surface area contributed by atoms with Gasteiger partial charge in [0.25, 0.3) is 0 Å². The van der Waals surface area contributed by atoms with Crippen LogP contribution in [0.25, 0.3) is 0 Å². The van der Waals surface area contributed by atoms with E-state index in [1.165, 1.54) is 24.2 Å². The van der Waals surface area contributed by atoms with E-state index >= 15 is 0 Å². The number of carbonyl (C=O) groups is 1. The molecule has 0 spiro atoms. The van der Waals surface area contributed by atoms with Gasteiger partial charge in [-0.3, -0.25) is 0 Å². The van der Waals surface area contributed by atoms with Crippen molar-refractivity contribution in [2.45, 2.75) is 52.5 Å². The largest absolute Gasteiger partial charge is 0.477 e. The molecule has 5 heteroatoms. The maximum atomic E-state index is 11.1. The fourth-order valence-corrected chi connectivity index (χ4v) is 3.60. The third-order valence-electron chi connectivity index (χ3n) is 4.14. The zero-order chi connectivity index (χ0) is 14.2. The number of hydrogen-bond acceptors (Lipinski definition) is 4. The normalized spacial score (nSPS) is 19.4. The standard InChI is InChI=1S/C14H22N2O2S/c1-9-11(12(17)18)19-13(15-9)16(4)10-5-7-14(2,3)8-6-10/h10H,5-8H2,1-4H3,(H,17,18). The second kappa shape index (κ2) is 5.12. The molecular formula is C14H22N2O2S. The first-order valence-corrected chi connectivity index (χ1v) is 7.55. The number of aryl methyl sites for hydroxylation is 1. The minimum absolute atomic E-state index is 0.359. The summed E-state index contributed by atoms with van der Waals surface area (Å²) in [5, 5.41) is 9.92. The summed E-state index contributed by atoms with van der Waals surface area (Å²) in [4.78, 5) is 18.0. The van der Waals surface area contributed by atoms with Crippen LogP contribution in [-0.4, -0.2) is 29.1 Å².